The van der Waals surface area contributed by atoms with Crippen molar-refractivity contribution in [3.8, 4) is 5.88 Å². The molecule has 1 aromatic heterocycles. The lowest BCUT2D eigenvalue weighted by molar-refractivity contribution is -0.143. The molecule has 0 saturated heterocycles. The summed E-state index contributed by atoms with van der Waals surface area (Å²) in [7, 11) is 1.55. The van der Waals surface area contributed by atoms with E-state index in [1.54, 1.807) is 7.05 Å². The van der Waals surface area contributed by atoms with Crippen LogP contribution in [0.1, 0.15) is 69.9 Å². The zero-order valence-electron chi connectivity index (χ0n) is 17.2. The lowest BCUT2D eigenvalue weighted by Gasteiger charge is -2.56. The molecule has 5 N–H and O–H groups in total. The number of nitrogens with one attached hydrogen (secondary N) is 2. The van der Waals surface area contributed by atoms with Gasteiger partial charge in [-0.3, -0.25) is 24.1 Å². The Labute approximate surface area is 169 Å². The third kappa shape index (κ3) is 3.36. The Hall–Kier alpha value is -2.58. The number of aromatic hydroxyl groups is 1. The van der Waals surface area contributed by atoms with Gasteiger partial charge in [0.05, 0.1) is 12.0 Å². The molecule has 1 aromatic rings. The van der Waals surface area contributed by atoms with Crippen molar-refractivity contribution in [1.82, 2.24) is 14.5 Å². The summed E-state index contributed by atoms with van der Waals surface area (Å²) in [5, 5.41) is 21.0. The van der Waals surface area contributed by atoms with E-state index in [0.29, 0.717) is 12.8 Å². The van der Waals surface area contributed by atoms with E-state index in [1.165, 1.54) is 0 Å². The molecule has 9 nitrogen and oxygen atoms in total. The topological polar surface area (TPSA) is 143 Å². The summed E-state index contributed by atoms with van der Waals surface area (Å²) in [6, 6.07) is -0.589. The van der Waals surface area contributed by atoms with Gasteiger partial charge in [0.1, 0.15) is 11.4 Å². The van der Waals surface area contributed by atoms with Crippen molar-refractivity contribution in [3.63, 3.8) is 0 Å². The monoisotopic (exact) mass is 405 g/mol. The third-order valence-corrected chi connectivity index (χ3v) is 6.70. The molecule has 0 aromatic carbocycles. The van der Waals surface area contributed by atoms with Crippen LogP contribution < -0.4 is 22.3 Å². The summed E-state index contributed by atoms with van der Waals surface area (Å²) in [5.41, 5.74) is 3.53. The number of amides is 1. The number of nitrogen functional groups attached to an aromatic ring is 1. The molecule has 1 spiro atoms. The molecule has 3 rings (SSSR count). The van der Waals surface area contributed by atoms with E-state index in [-0.39, 0.29) is 23.4 Å². The summed E-state index contributed by atoms with van der Waals surface area (Å²) in [6.07, 6.45) is 6.83. The summed E-state index contributed by atoms with van der Waals surface area (Å²) in [6.45, 7) is 2.17. The highest BCUT2D eigenvalue weighted by atomic mass is 16.3. The fourth-order valence-corrected chi connectivity index (χ4v) is 5.23. The molecule has 29 heavy (non-hydrogen) atoms. The van der Waals surface area contributed by atoms with Gasteiger partial charge in [-0.1, -0.05) is 32.6 Å². The molecule has 1 heterocycles. The molecule has 2 aliphatic carbocycles. The van der Waals surface area contributed by atoms with E-state index >= 15 is 0 Å². The first kappa shape index (κ1) is 21.1. The Morgan fingerprint density at radius 1 is 1.31 bits per heavy atom. The van der Waals surface area contributed by atoms with E-state index in [2.05, 4.69) is 5.32 Å². The summed E-state index contributed by atoms with van der Waals surface area (Å²) in [5.74, 6) is -1.84. The molecule has 160 valence electrons. The van der Waals surface area contributed by atoms with Crippen molar-refractivity contribution < 1.29 is 9.90 Å². The van der Waals surface area contributed by atoms with E-state index in [1.807, 2.05) is 6.92 Å². The van der Waals surface area contributed by atoms with Crippen molar-refractivity contribution >= 4 is 11.7 Å². The zero-order chi connectivity index (χ0) is 21.3. The standard InChI is InChI=1S/C20H31N5O4/c1-3-4-10-24-17(27)13(15(21)22)18(28)25(19(24)29)14-12(16(26)23-2)11-20(14)8-6-5-7-9-20/h12,14,27H,3-11H2,1-2H3,(H3,21,22)(H,23,26). The minimum atomic E-state index is -0.781. The predicted octanol–water partition coefficient (Wildman–Crippen LogP) is 1.06. The summed E-state index contributed by atoms with van der Waals surface area (Å²) >= 11 is 0. The SMILES string of the molecule is CCCCn1c(O)c(C(=N)N)c(=O)n(C2C(C(=O)NC)CC23CCCCC3)c1=O. The minimum absolute atomic E-state index is 0.199. The van der Waals surface area contributed by atoms with Gasteiger partial charge in [-0.15, -0.1) is 0 Å². The smallest absolute Gasteiger partial charge is 0.334 e. The highest BCUT2D eigenvalue weighted by molar-refractivity contribution is 5.96. The number of carbonyl (C=O) groups excluding carboxylic acids is 1. The zero-order valence-corrected chi connectivity index (χ0v) is 17.2. The molecular formula is C20H31N5O4. The number of unbranched alkanes of at least 4 members (excludes halogenated alkanes) is 1. The molecule has 1 amide bonds. The number of aromatic nitrogens is 2. The second kappa shape index (κ2) is 8.04. The van der Waals surface area contributed by atoms with Gasteiger partial charge in [0.25, 0.3) is 5.56 Å². The fraction of sp³-hybridized carbons (Fsp3) is 0.700. The molecular weight excluding hydrogens is 374 g/mol. The van der Waals surface area contributed by atoms with E-state index in [4.69, 9.17) is 11.1 Å². The number of hydrogen-bond acceptors (Lipinski definition) is 5. The number of carbonyl (C=O) groups is 1. The van der Waals surface area contributed by atoms with Gasteiger partial charge < -0.3 is 16.2 Å². The van der Waals surface area contributed by atoms with E-state index < -0.39 is 34.9 Å². The van der Waals surface area contributed by atoms with Crippen LogP contribution >= 0.6 is 0 Å². The minimum Gasteiger partial charge on any atom is -0.494 e. The highest BCUT2D eigenvalue weighted by Gasteiger charge is 2.58. The summed E-state index contributed by atoms with van der Waals surface area (Å²) in [4.78, 5) is 39.1. The maximum atomic E-state index is 13.3. The van der Waals surface area contributed by atoms with Gasteiger partial charge in [0.2, 0.25) is 11.8 Å². The lowest BCUT2D eigenvalue weighted by atomic mass is 9.51. The first-order chi connectivity index (χ1) is 13.8. The van der Waals surface area contributed by atoms with Crippen LogP contribution in [-0.4, -0.2) is 33.0 Å². The maximum Gasteiger partial charge on any atom is 0.334 e. The van der Waals surface area contributed by atoms with Crippen molar-refractivity contribution in [2.24, 2.45) is 17.1 Å². The number of nitrogens with zero attached hydrogens (tertiary/aromatic N) is 2. The molecule has 0 radical (unpaired) electrons. The van der Waals surface area contributed by atoms with Crippen LogP contribution in [0.2, 0.25) is 0 Å². The van der Waals surface area contributed by atoms with Crippen molar-refractivity contribution in [1.29, 1.82) is 5.41 Å². The average Bonchev–Trinajstić information content (AvgIpc) is 2.69. The van der Waals surface area contributed by atoms with Gasteiger partial charge in [-0.2, -0.15) is 0 Å². The van der Waals surface area contributed by atoms with Crippen LogP contribution in [0.4, 0.5) is 0 Å². The third-order valence-electron chi connectivity index (χ3n) is 6.70. The molecule has 2 aliphatic rings. The van der Waals surface area contributed by atoms with Gasteiger partial charge in [0, 0.05) is 13.6 Å². The van der Waals surface area contributed by atoms with Gasteiger partial charge in [0.15, 0.2) is 0 Å². The van der Waals surface area contributed by atoms with Gasteiger partial charge in [-0.05, 0) is 31.1 Å². The lowest BCUT2D eigenvalue weighted by Crippen LogP contribution is -2.61. The van der Waals surface area contributed by atoms with Crippen molar-refractivity contribution in [2.75, 3.05) is 7.05 Å². The predicted molar refractivity (Wildman–Crippen MR) is 109 cm³/mol. The van der Waals surface area contributed by atoms with Crippen LogP contribution in [0.15, 0.2) is 9.59 Å². The van der Waals surface area contributed by atoms with Gasteiger partial charge in [-0.25, -0.2) is 4.79 Å². The number of amidine groups is 1. The normalized spacial score (nSPS) is 22.8. The number of rotatable bonds is 6. The Bertz CT molecular complexity index is 926. The molecule has 0 bridgehead atoms. The molecule has 2 atom stereocenters. The average molecular weight is 405 g/mol. The van der Waals surface area contributed by atoms with Crippen LogP contribution in [0, 0.1) is 16.7 Å². The van der Waals surface area contributed by atoms with Crippen molar-refractivity contribution in [3.05, 3.63) is 26.4 Å². The first-order valence-corrected chi connectivity index (χ1v) is 10.4. The van der Waals surface area contributed by atoms with Crippen LogP contribution in [0.5, 0.6) is 5.88 Å². The van der Waals surface area contributed by atoms with Crippen molar-refractivity contribution in [2.45, 2.75) is 70.9 Å². The molecule has 0 aliphatic heterocycles. The van der Waals surface area contributed by atoms with Crippen LogP contribution in [0.25, 0.3) is 0 Å². The quantitative estimate of drug-likeness (QED) is 0.413. The van der Waals surface area contributed by atoms with E-state index in [0.717, 1.165) is 47.7 Å². The van der Waals surface area contributed by atoms with Crippen LogP contribution in [-0.2, 0) is 11.3 Å². The Morgan fingerprint density at radius 2 is 1.97 bits per heavy atom. The largest absolute Gasteiger partial charge is 0.494 e. The first-order valence-electron chi connectivity index (χ1n) is 10.4. The second-order valence-electron chi connectivity index (χ2n) is 8.37. The van der Waals surface area contributed by atoms with Crippen LogP contribution in [0.3, 0.4) is 0 Å². The molecule has 2 saturated carbocycles. The number of nitrogens with two attached hydrogens (primary N) is 1. The Balaban J connectivity index is 2.24. The fourth-order valence-electron chi connectivity index (χ4n) is 5.23. The summed E-state index contributed by atoms with van der Waals surface area (Å²) < 4.78 is 2.23. The molecule has 9 heteroatoms. The molecule has 2 unspecified atom stereocenters. The van der Waals surface area contributed by atoms with E-state index in [9.17, 15) is 19.5 Å². The second-order valence-corrected chi connectivity index (χ2v) is 8.37. The maximum absolute atomic E-state index is 13.3. The molecule has 2 fully saturated rings. The number of hydrogen-bond donors (Lipinski definition) is 4. The highest BCUT2D eigenvalue weighted by Crippen LogP contribution is 2.61. The Kier molecular flexibility index (Phi) is 5.86. The Morgan fingerprint density at radius 3 is 2.52 bits per heavy atom. The van der Waals surface area contributed by atoms with Gasteiger partial charge >= 0.3 is 5.69 Å².